The predicted molar refractivity (Wildman–Crippen MR) is 371 cm³/mol. The van der Waals surface area contributed by atoms with E-state index in [0.717, 1.165) is 148 Å². The van der Waals surface area contributed by atoms with Crippen molar-refractivity contribution < 1.29 is 42.1 Å². The van der Waals surface area contributed by atoms with Gasteiger partial charge in [0.25, 0.3) is 0 Å². The Morgan fingerprint density at radius 1 is 0.360 bits per heavy atom. The van der Waals surface area contributed by atoms with Crippen molar-refractivity contribution in [3.8, 4) is 0 Å². The third-order valence-corrected chi connectivity index (χ3v) is 14.1. The zero-order chi connectivity index (χ0) is 62.6. The Morgan fingerprint density at radius 2 is 0.628 bits per heavy atom. The summed E-state index contributed by atoms with van der Waals surface area (Å²) < 4.78 is 34.6. The van der Waals surface area contributed by atoms with Crippen LogP contribution >= 0.6 is 7.82 Å². The first-order valence-electron chi connectivity index (χ1n) is 33.2. The number of hydrogen-bond donors (Lipinski definition) is 1. The Morgan fingerprint density at radius 3 is 0.942 bits per heavy atom. The smallest absolute Gasteiger partial charge is 0.462 e. The number of ether oxygens (including phenoxy) is 2. The summed E-state index contributed by atoms with van der Waals surface area (Å²) in [7, 11) is 1.42. The van der Waals surface area contributed by atoms with E-state index in [-0.39, 0.29) is 26.1 Å². The van der Waals surface area contributed by atoms with E-state index in [9.17, 15) is 19.0 Å². The number of phosphoric acid groups is 1. The molecule has 0 bridgehead atoms. The molecule has 0 radical (unpaired) electrons. The van der Waals surface area contributed by atoms with Gasteiger partial charge in [-0.15, -0.1) is 0 Å². The fourth-order valence-electron chi connectivity index (χ4n) is 8.10. The summed E-state index contributed by atoms with van der Waals surface area (Å²) in [5.41, 5.74) is 0. The maximum absolute atomic E-state index is 12.9. The molecular formula is C76H121NO8P+. The Kier molecular flexibility index (Phi) is 60.5. The van der Waals surface area contributed by atoms with Crippen molar-refractivity contribution in [2.24, 2.45) is 0 Å². The van der Waals surface area contributed by atoms with Gasteiger partial charge in [0, 0.05) is 12.8 Å². The van der Waals surface area contributed by atoms with Crippen LogP contribution in [0.2, 0.25) is 0 Å². The summed E-state index contributed by atoms with van der Waals surface area (Å²) in [6.07, 6.45) is 101. The van der Waals surface area contributed by atoms with Crippen LogP contribution in [0.4, 0.5) is 0 Å². The van der Waals surface area contributed by atoms with E-state index in [1.807, 2.05) is 21.1 Å². The second-order valence-corrected chi connectivity index (χ2v) is 23.8. The van der Waals surface area contributed by atoms with Crippen LogP contribution in [0.15, 0.2) is 194 Å². The first kappa shape index (κ1) is 80.8. The maximum atomic E-state index is 12.9. The maximum Gasteiger partial charge on any atom is 0.472 e. The van der Waals surface area contributed by atoms with Crippen molar-refractivity contribution >= 4 is 19.8 Å². The van der Waals surface area contributed by atoms with Gasteiger partial charge in [-0.25, -0.2) is 4.57 Å². The lowest BCUT2D eigenvalue weighted by Crippen LogP contribution is -2.37. The van der Waals surface area contributed by atoms with Crippen LogP contribution in [0, 0.1) is 0 Å². The molecule has 0 aromatic rings. The SMILES string of the molecule is CC/C=C\C/C=C\C/C=C\C/C=C\C/C=C\C/C=C\C/C=C\C/C=C\C/C=C\CCCCCCCCCCCC(=O)OC(COC(=O)CCCCC/C=C\C/C=C\C/C=C\C/C=C\C/C=C\C/C=C\C/C=C\CC)COP(=O)(O)OCC[N+](C)(C)C. The van der Waals surface area contributed by atoms with Crippen LogP contribution in [0.25, 0.3) is 0 Å². The minimum Gasteiger partial charge on any atom is -0.462 e. The van der Waals surface area contributed by atoms with Crippen molar-refractivity contribution in [2.45, 2.75) is 225 Å². The average Bonchev–Trinajstić information content (AvgIpc) is 3.67. The number of nitrogens with zero attached hydrogens (tertiary/aromatic N) is 1. The summed E-state index contributed by atoms with van der Waals surface area (Å²) in [5.74, 6) is -0.859. The molecule has 0 rings (SSSR count). The molecule has 0 saturated heterocycles. The highest BCUT2D eigenvalue weighted by Crippen LogP contribution is 2.43. The minimum absolute atomic E-state index is 0.0133. The zero-order valence-electron chi connectivity index (χ0n) is 54.7. The van der Waals surface area contributed by atoms with Crippen LogP contribution in [0.5, 0.6) is 0 Å². The van der Waals surface area contributed by atoms with E-state index in [2.05, 4.69) is 208 Å². The van der Waals surface area contributed by atoms with Crippen LogP contribution in [-0.2, 0) is 32.7 Å². The highest BCUT2D eigenvalue weighted by molar-refractivity contribution is 7.47. The van der Waals surface area contributed by atoms with E-state index in [4.69, 9.17) is 18.5 Å². The van der Waals surface area contributed by atoms with Crippen molar-refractivity contribution in [2.75, 3.05) is 47.5 Å². The first-order chi connectivity index (χ1) is 42.0. The molecule has 2 atom stereocenters. The lowest BCUT2D eigenvalue weighted by molar-refractivity contribution is -0.870. The molecule has 86 heavy (non-hydrogen) atoms. The predicted octanol–water partition coefficient (Wildman–Crippen LogP) is 21.7. The highest BCUT2D eigenvalue weighted by atomic mass is 31.2. The largest absolute Gasteiger partial charge is 0.472 e. The number of esters is 2. The molecule has 0 saturated carbocycles. The molecule has 10 heteroatoms. The molecule has 482 valence electrons. The second kappa shape index (κ2) is 64.3. The van der Waals surface area contributed by atoms with Gasteiger partial charge in [0.05, 0.1) is 27.7 Å². The molecule has 0 spiro atoms. The standard InChI is InChI=1S/C76H120NO8P/c1-6-8-10-12-14-16-18-20-22-24-26-28-30-32-33-34-35-36-37-38-39-40-41-42-43-45-47-49-51-53-55-57-59-61-63-65-67-69-76(79)85-74(73-84-86(80,81)83-71-70-77(3,4)5)72-82-75(78)68-66-64-62-60-58-56-54-52-50-48-46-44-31-29-27-25-23-21-19-17-15-13-11-9-7-2/h8-11,14-17,20-23,26-29,32-33,35-36,38-39,41-42,44-47,50,52,56,58,74H,6-7,12-13,18-19,24-25,30-31,34,37,40,43,48-49,51,53-55,57,59-73H2,1-5H3/p+1/b10-8-,11-9-,16-14-,17-15-,22-20-,23-21-,28-26-,29-27-,33-32-,36-35-,39-38-,42-41-,46-44-,47-45-,52-50-,58-56-. The van der Waals surface area contributed by atoms with Crippen molar-refractivity contribution in [3.63, 3.8) is 0 Å². The number of rotatable bonds is 58. The van der Waals surface area contributed by atoms with E-state index >= 15 is 0 Å². The van der Waals surface area contributed by atoms with Gasteiger partial charge in [-0.2, -0.15) is 0 Å². The van der Waals surface area contributed by atoms with Gasteiger partial charge >= 0.3 is 19.8 Å². The molecule has 0 aliphatic rings. The molecule has 9 nitrogen and oxygen atoms in total. The fraction of sp³-hybridized carbons (Fsp3) is 0.553. The number of allylic oxidation sites excluding steroid dienone is 32. The first-order valence-corrected chi connectivity index (χ1v) is 34.7. The number of phosphoric ester groups is 1. The van der Waals surface area contributed by atoms with Gasteiger partial charge in [0.2, 0.25) is 0 Å². The Hall–Kier alpha value is -5.15. The molecule has 2 unspecified atom stereocenters. The summed E-state index contributed by atoms with van der Waals surface area (Å²) in [6.45, 7) is 4.13. The van der Waals surface area contributed by atoms with Crippen molar-refractivity contribution in [3.05, 3.63) is 194 Å². The number of quaternary nitrogens is 1. The quantitative estimate of drug-likeness (QED) is 0.0211. The Labute approximate surface area is 526 Å². The molecule has 0 fully saturated rings. The van der Waals surface area contributed by atoms with Crippen LogP contribution in [0.1, 0.15) is 219 Å². The van der Waals surface area contributed by atoms with Crippen molar-refractivity contribution in [1.82, 2.24) is 0 Å². The summed E-state index contributed by atoms with van der Waals surface area (Å²) in [4.78, 5) is 35.8. The van der Waals surface area contributed by atoms with Gasteiger partial charge in [0.15, 0.2) is 6.10 Å². The third kappa shape index (κ3) is 68.0. The lowest BCUT2D eigenvalue weighted by atomic mass is 10.1. The number of carbonyl (C=O) groups excluding carboxylic acids is 2. The minimum atomic E-state index is -4.42. The summed E-state index contributed by atoms with van der Waals surface area (Å²) in [5, 5.41) is 0. The van der Waals surface area contributed by atoms with Crippen LogP contribution in [-0.4, -0.2) is 74.9 Å². The Balaban J connectivity index is 4.22. The van der Waals surface area contributed by atoms with Crippen LogP contribution < -0.4 is 0 Å². The van der Waals surface area contributed by atoms with Crippen molar-refractivity contribution in [1.29, 1.82) is 0 Å². The fourth-order valence-corrected chi connectivity index (χ4v) is 8.85. The number of unbranched alkanes of at least 4 members (excludes halogenated alkanes) is 12. The summed E-state index contributed by atoms with van der Waals surface area (Å²) in [6, 6.07) is 0. The van der Waals surface area contributed by atoms with E-state index in [0.29, 0.717) is 23.9 Å². The zero-order valence-corrected chi connectivity index (χ0v) is 55.6. The number of carbonyl (C=O) groups is 2. The monoisotopic (exact) mass is 1210 g/mol. The second-order valence-electron chi connectivity index (χ2n) is 22.4. The summed E-state index contributed by atoms with van der Waals surface area (Å²) >= 11 is 0. The van der Waals surface area contributed by atoms with E-state index in [1.54, 1.807) is 0 Å². The lowest BCUT2D eigenvalue weighted by Gasteiger charge is -2.24. The molecule has 0 amide bonds. The topological polar surface area (TPSA) is 108 Å². The normalized spacial score (nSPS) is 14.4. The Bertz CT molecular complexity index is 2150. The average molecular weight is 1210 g/mol. The van der Waals surface area contributed by atoms with Gasteiger partial charge in [-0.05, 0) is 141 Å². The highest BCUT2D eigenvalue weighted by Gasteiger charge is 2.27. The number of hydrogen-bond acceptors (Lipinski definition) is 7. The molecule has 1 N–H and O–H groups in total. The molecule has 0 aliphatic heterocycles. The number of likely N-dealkylation sites (N-methyl/N-ethyl adjacent to an activating group) is 1. The molecule has 0 aromatic carbocycles. The van der Waals surface area contributed by atoms with E-state index in [1.165, 1.54) is 32.1 Å². The molecule has 0 heterocycles. The van der Waals surface area contributed by atoms with Gasteiger partial charge in [-0.3, -0.25) is 18.6 Å². The van der Waals surface area contributed by atoms with Gasteiger partial charge in [0.1, 0.15) is 19.8 Å². The van der Waals surface area contributed by atoms with E-state index < -0.39 is 32.5 Å². The molecule has 0 aromatic heterocycles. The third-order valence-electron chi connectivity index (χ3n) is 13.1. The van der Waals surface area contributed by atoms with Crippen LogP contribution in [0.3, 0.4) is 0 Å². The van der Waals surface area contributed by atoms with Gasteiger partial charge < -0.3 is 18.9 Å². The molecular weight excluding hydrogens is 1090 g/mol. The van der Waals surface area contributed by atoms with Gasteiger partial charge in [-0.1, -0.05) is 260 Å². The molecule has 0 aliphatic carbocycles.